The summed E-state index contributed by atoms with van der Waals surface area (Å²) in [7, 11) is 3.74. The molecule has 4 rings (SSSR count). The standard InChI is InChI=1S/C19H23N5O3/c1-23-10-3-4-16(12-23)27-19-21-18-20-17(9-11-24(18)22-19)26-13-14-5-7-15(25-2)8-6-14/h5-9,11,16H,3-4,10,12-13H2,1-2H3. The zero-order valence-corrected chi connectivity index (χ0v) is 15.5. The van der Waals surface area contributed by atoms with E-state index < -0.39 is 0 Å². The van der Waals surface area contributed by atoms with Gasteiger partial charge in [-0.1, -0.05) is 12.1 Å². The number of nitrogens with zero attached hydrogens (tertiary/aromatic N) is 5. The van der Waals surface area contributed by atoms with Crippen LogP contribution in [0.15, 0.2) is 36.5 Å². The van der Waals surface area contributed by atoms with Crippen LogP contribution >= 0.6 is 0 Å². The summed E-state index contributed by atoms with van der Waals surface area (Å²) in [6, 6.07) is 9.85. The van der Waals surface area contributed by atoms with Crippen molar-refractivity contribution >= 4 is 5.78 Å². The van der Waals surface area contributed by atoms with Gasteiger partial charge in [-0.15, -0.1) is 5.10 Å². The Hall–Kier alpha value is -2.87. The molecule has 8 heteroatoms. The minimum absolute atomic E-state index is 0.118. The molecule has 0 spiro atoms. The highest BCUT2D eigenvalue weighted by Gasteiger charge is 2.20. The van der Waals surface area contributed by atoms with Crippen LogP contribution in [0.25, 0.3) is 5.78 Å². The molecule has 1 aliphatic heterocycles. The van der Waals surface area contributed by atoms with Crippen molar-refractivity contribution < 1.29 is 14.2 Å². The fraction of sp³-hybridized carbons (Fsp3) is 0.421. The van der Waals surface area contributed by atoms with Crippen LogP contribution in [0.1, 0.15) is 18.4 Å². The highest BCUT2D eigenvalue weighted by atomic mass is 16.5. The van der Waals surface area contributed by atoms with Gasteiger partial charge in [0.05, 0.1) is 7.11 Å². The fourth-order valence-electron chi connectivity index (χ4n) is 3.12. The molecule has 3 aromatic rings. The molecule has 1 atom stereocenters. The van der Waals surface area contributed by atoms with Crippen molar-refractivity contribution in [1.82, 2.24) is 24.5 Å². The van der Waals surface area contributed by atoms with Crippen molar-refractivity contribution in [2.75, 3.05) is 27.2 Å². The van der Waals surface area contributed by atoms with Crippen LogP contribution in [0.3, 0.4) is 0 Å². The lowest BCUT2D eigenvalue weighted by Gasteiger charge is -2.28. The minimum Gasteiger partial charge on any atom is -0.497 e. The molecule has 0 radical (unpaired) electrons. The zero-order valence-electron chi connectivity index (χ0n) is 15.5. The molecule has 0 amide bonds. The van der Waals surface area contributed by atoms with Crippen molar-refractivity contribution in [3.63, 3.8) is 0 Å². The van der Waals surface area contributed by atoms with Crippen LogP contribution in [0.5, 0.6) is 17.6 Å². The van der Waals surface area contributed by atoms with Crippen LogP contribution < -0.4 is 14.2 Å². The number of ether oxygens (including phenoxy) is 3. The Labute approximate surface area is 157 Å². The van der Waals surface area contributed by atoms with Gasteiger partial charge in [-0.05, 0) is 44.1 Å². The second kappa shape index (κ2) is 7.79. The van der Waals surface area contributed by atoms with Crippen LogP contribution in [0.4, 0.5) is 0 Å². The Kier molecular flexibility index (Phi) is 5.06. The number of likely N-dealkylation sites (tertiary alicyclic amines) is 1. The molecular weight excluding hydrogens is 346 g/mol. The third-order valence-electron chi connectivity index (χ3n) is 4.56. The van der Waals surface area contributed by atoms with Crippen molar-refractivity contribution in [3.05, 3.63) is 42.1 Å². The smallest absolute Gasteiger partial charge is 0.338 e. The molecule has 27 heavy (non-hydrogen) atoms. The Bertz CT molecular complexity index is 896. The van der Waals surface area contributed by atoms with Gasteiger partial charge >= 0.3 is 6.01 Å². The fourth-order valence-corrected chi connectivity index (χ4v) is 3.12. The van der Waals surface area contributed by atoms with Crippen molar-refractivity contribution in [2.45, 2.75) is 25.6 Å². The number of fused-ring (bicyclic) bond motifs is 1. The average molecular weight is 369 g/mol. The summed E-state index contributed by atoms with van der Waals surface area (Å²) < 4.78 is 18.4. The van der Waals surface area contributed by atoms with Crippen LogP contribution in [0, 0.1) is 0 Å². The van der Waals surface area contributed by atoms with Crippen LogP contribution in [-0.2, 0) is 6.61 Å². The number of hydrogen-bond acceptors (Lipinski definition) is 7. The zero-order chi connectivity index (χ0) is 18.6. The number of likely N-dealkylation sites (N-methyl/N-ethyl adjacent to an activating group) is 1. The van der Waals surface area contributed by atoms with Gasteiger partial charge in [0.25, 0.3) is 5.78 Å². The van der Waals surface area contributed by atoms with Crippen molar-refractivity contribution in [2.24, 2.45) is 0 Å². The van der Waals surface area contributed by atoms with E-state index in [1.165, 1.54) is 0 Å². The first-order valence-electron chi connectivity index (χ1n) is 9.04. The molecule has 142 valence electrons. The van der Waals surface area contributed by atoms with Crippen LogP contribution in [0.2, 0.25) is 0 Å². The number of benzene rings is 1. The predicted molar refractivity (Wildman–Crippen MR) is 99.3 cm³/mol. The third kappa shape index (κ3) is 4.28. The highest BCUT2D eigenvalue weighted by Crippen LogP contribution is 2.17. The molecular formula is C19H23N5O3. The first-order valence-corrected chi connectivity index (χ1v) is 9.04. The summed E-state index contributed by atoms with van der Waals surface area (Å²) in [5.74, 6) is 1.77. The molecule has 3 heterocycles. The third-order valence-corrected chi connectivity index (χ3v) is 4.56. The Morgan fingerprint density at radius 1 is 1.15 bits per heavy atom. The summed E-state index contributed by atoms with van der Waals surface area (Å²) in [5, 5.41) is 4.34. The maximum Gasteiger partial charge on any atom is 0.338 e. The average Bonchev–Trinajstić information content (AvgIpc) is 3.08. The monoisotopic (exact) mass is 369 g/mol. The Morgan fingerprint density at radius 3 is 2.78 bits per heavy atom. The van der Waals surface area contributed by atoms with Gasteiger partial charge in [-0.25, -0.2) is 4.52 Å². The second-order valence-electron chi connectivity index (χ2n) is 6.69. The number of hydrogen-bond donors (Lipinski definition) is 0. The van der Waals surface area contributed by atoms with E-state index in [0.717, 1.165) is 37.2 Å². The summed E-state index contributed by atoms with van der Waals surface area (Å²) >= 11 is 0. The lowest BCUT2D eigenvalue weighted by atomic mass is 10.1. The van der Waals surface area contributed by atoms with E-state index in [-0.39, 0.29) is 6.10 Å². The van der Waals surface area contributed by atoms with E-state index in [1.54, 1.807) is 23.9 Å². The highest BCUT2D eigenvalue weighted by molar-refractivity contribution is 5.32. The Balaban J connectivity index is 1.40. The lowest BCUT2D eigenvalue weighted by Crippen LogP contribution is -2.38. The van der Waals surface area contributed by atoms with Gasteiger partial charge < -0.3 is 19.1 Å². The van der Waals surface area contributed by atoms with Crippen LogP contribution in [-0.4, -0.2) is 57.8 Å². The largest absolute Gasteiger partial charge is 0.497 e. The van der Waals surface area contributed by atoms with Crippen molar-refractivity contribution in [3.8, 4) is 17.6 Å². The van der Waals surface area contributed by atoms with Gasteiger partial charge in [-0.3, -0.25) is 0 Å². The first-order chi connectivity index (χ1) is 13.2. The van der Waals surface area contributed by atoms with Gasteiger partial charge in [0.2, 0.25) is 5.88 Å². The molecule has 0 bridgehead atoms. The lowest BCUT2D eigenvalue weighted by molar-refractivity contribution is 0.0957. The molecule has 8 nitrogen and oxygen atoms in total. The maximum atomic E-state index is 5.92. The van der Waals surface area contributed by atoms with E-state index in [2.05, 4.69) is 27.0 Å². The summed E-state index contributed by atoms with van der Waals surface area (Å²) in [4.78, 5) is 11.0. The van der Waals surface area contributed by atoms with E-state index in [1.807, 2.05) is 24.3 Å². The number of rotatable bonds is 6. The first kappa shape index (κ1) is 17.5. The summed E-state index contributed by atoms with van der Waals surface area (Å²) in [6.45, 7) is 2.41. The number of piperidine rings is 1. The van der Waals surface area contributed by atoms with Gasteiger partial charge in [0.1, 0.15) is 18.5 Å². The van der Waals surface area contributed by atoms with Crippen molar-refractivity contribution in [1.29, 1.82) is 0 Å². The van der Waals surface area contributed by atoms with Gasteiger partial charge in [-0.2, -0.15) is 9.97 Å². The van der Waals surface area contributed by atoms with Gasteiger partial charge in [0, 0.05) is 18.8 Å². The van der Waals surface area contributed by atoms with E-state index in [4.69, 9.17) is 14.2 Å². The number of aromatic nitrogens is 4. The topological polar surface area (TPSA) is 74.0 Å². The minimum atomic E-state index is 0.118. The van der Waals surface area contributed by atoms with E-state index in [9.17, 15) is 0 Å². The summed E-state index contributed by atoms with van der Waals surface area (Å²) in [5.41, 5.74) is 1.03. The molecule has 0 N–H and O–H groups in total. The normalized spacial score (nSPS) is 17.8. The molecule has 1 unspecified atom stereocenters. The molecule has 0 saturated carbocycles. The van der Waals surface area contributed by atoms with Gasteiger partial charge in [0.15, 0.2) is 0 Å². The predicted octanol–water partition coefficient (Wildman–Crippen LogP) is 2.18. The molecule has 2 aromatic heterocycles. The van der Waals surface area contributed by atoms with E-state index >= 15 is 0 Å². The van der Waals surface area contributed by atoms with E-state index in [0.29, 0.717) is 24.3 Å². The Morgan fingerprint density at radius 2 is 2.00 bits per heavy atom. The SMILES string of the molecule is COc1ccc(COc2ccn3nc(OC4CCCN(C)C4)nc3n2)cc1. The number of methoxy groups -OCH3 is 1. The maximum absolute atomic E-state index is 5.92. The molecule has 1 saturated heterocycles. The molecule has 0 aliphatic carbocycles. The molecule has 1 fully saturated rings. The molecule has 1 aromatic carbocycles. The summed E-state index contributed by atoms with van der Waals surface area (Å²) in [6.07, 6.45) is 4.03. The molecule has 1 aliphatic rings. The second-order valence-corrected chi connectivity index (χ2v) is 6.69. The quantitative estimate of drug-likeness (QED) is 0.659.